The van der Waals surface area contributed by atoms with Crippen molar-refractivity contribution in [3.05, 3.63) is 113 Å². The summed E-state index contributed by atoms with van der Waals surface area (Å²) in [4.78, 5) is 60.9. The van der Waals surface area contributed by atoms with Crippen LogP contribution in [0.3, 0.4) is 0 Å². The summed E-state index contributed by atoms with van der Waals surface area (Å²) >= 11 is 6.34. The number of pyridine rings is 1. The third-order valence-corrected chi connectivity index (χ3v) is 8.29. The number of aromatic nitrogens is 1. The number of primary amides is 1. The Labute approximate surface area is 261 Å². The van der Waals surface area contributed by atoms with Crippen LogP contribution >= 0.6 is 11.6 Å². The quantitative estimate of drug-likeness (QED) is 0.298. The Bertz CT molecular complexity index is 1680. The van der Waals surface area contributed by atoms with Gasteiger partial charge in [-0.25, -0.2) is 0 Å². The summed E-state index contributed by atoms with van der Waals surface area (Å²) in [6.45, 7) is 1.77. The number of halogens is 1. The Hall–Kier alpha value is -4.76. The van der Waals surface area contributed by atoms with Gasteiger partial charge in [-0.1, -0.05) is 66.2 Å². The largest absolute Gasteiger partial charge is 0.368 e. The molecular weight excluding hydrogens is 578 g/mol. The van der Waals surface area contributed by atoms with Crippen molar-refractivity contribution in [3.8, 4) is 0 Å². The highest BCUT2D eigenvalue weighted by Crippen LogP contribution is 2.33. The number of fused-ring (bicyclic) bond motifs is 1. The minimum absolute atomic E-state index is 0.0875. The number of benzene rings is 3. The summed E-state index contributed by atoms with van der Waals surface area (Å²) in [5, 5.41) is 5.09. The minimum atomic E-state index is -1.08. The molecule has 9 nitrogen and oxygen atoms in total. The van der Waals surface area contributed by atoms with Crippen LogP contribution in [0.2, 0.25) is 5.02 Å². The third-order valence-electron chi connectivity index (χ3n) is 8.06. The Kier molecular flexibility index (Phi) is 9.55. The predicted molar refractivity (Wildman–Crippen MR) is 168 cm³/mol. The SMILES string of the molecule is C[C@@H]1CCN([C@H](Cc2cccc3ccccc23)C(N)=O)C(=O)[C@@H](c2cccc(Cl)c2)N1C(=O)CNC(=O)Cc1ccncc1. The lowest BCUT2D eigenvalue weighted by molar-refractivity contribution is -0.148. The molecule has 0 unspecified atom stereocenters. The molecule has 3 N–H and O–H groups in total. The molecule has 10 heteroatoms. The second-order valence-electron chi connectivity index (χ2n) is 11.0. The zero-order chi connectivity index (χ0) is 31.2. The fourth-order valence-electron chi connectivity index (χ4n) is 5.84. The summed E-state index contributed by atoms with van der Waals surface area (Å²) in [6, 6.07) is 21.5. The molecule has 4 aromatic rings. The van der Waals surface area contributed by atoms with Crippen molar-refractivity contribution in [2.45, 2.75) is 44.3 Å². The van der Waals surface area contributed by atoms with Gasteiger partial charge in [0.1, 0.15) is 12.1 Å². The van der Waals surface area contributed by atoms with Gasteiger partial charge in [-0.2, -0.15) is 0 Å². The Morgan fingerprint density at radius 1 is 1.02 bits per heavy atom. The van der Waals surface area contributed by atoms with Crippen molar-refractivity contribution in [1.82, 2.24) is 20.1 Å². The number of amides is 4. The number of hydrogen-bond acceptors (Lipinski definition) is 5. The van der Waals surface area contributed by atoms with Crippen LogP contribution in [0.1, 0.15) is 36.1 Å². The number of carbonyl (C=O) groups excluding carboxylic acids is 4. The van der Waals surface area contributed by atoms with Crippen molar-refractivity contribution in [3.63, 3.8) is 0 Å². The topological polar surface area (TPSA) is 126 Å². The van der Waals surface area contributed by atoms with Gasteiger partial charge >= 0.3 is 0 Å². The van der Waals surface area contributed by atoms with Crippen molar-refractivity contribution in [2.24, 2.45) is 5.73 Å². The van der Waals surface area contributed by atoms with Crippen LogP contribution in [0.4, 0.5) is 0 Å². The maximum Gasteiger partial charge on any atom is 0.250 e. The van der Waals surface area contributed by atoms with Gasteiger partial charge < -0.3 is 20.9 Å². The van der Waals surface area contributed by atoms with Crippen LogP contribution in [0.25, 0.3) is 10.8 Å². The second kappa shape index (κ2) is 13.7. The van der Waals surface area contributed by atoms with Gasteiger partial charge in [0, 0.05) is 36.4 Å². The van der Waals surface area contributed by atoms with Gasteiger partial charge in [-0.15, -0.1) is 0 Å². The molecule has 0 bridgehead atoms. The highest BCUT2D eigenvalue weighted by atomic mass is 35.5. The predicted octanol–water partition coefficient (Wildman–Crippen LogP) is 3.83. The molecule has 3 aromatic carbocycles. The average molecular weight is 612 g/mol. The van der Waals surface area contributed by atoms with Crippen molar-refractivity contribution in [2.75, 3.05) is 13.1 Å². The molecule has 0 radical (unpaired) electrons. The van der Waals surface area contributed by atoms with Gasteiger partial charge in [0.15, 0.2) is 0 Å². The van der Waals surface area contributed by atoms with Gasteiger partial charge in [0.05, 0.1) is 13.0 Å². The average Bonchev–Trinajstić information content (AvgIpc) is 3.14. The van der Waals surface area contributed by atoms with E-state index in [0.717, 1.165) is 21.9 Å². The molecule has 5 rings (SSSR count). The van der Waals surface area contributed by atoms with E-state index in [2.05, 4.69) is 10.3 Å². The zero-order valence-electron chi connectivity index (χ0n) is 24.4. The Balaban J connectivity index is 1.44. The molecule has 1 aliphatic heterocycles. The van der Waals surface area contributed by atoms with Gasteiger partial charge in [-0.05, 0) is 65.1 Å². The lowest BCUT2D eigenvalue weighted by Crippen LogP contribution is -2.53. The van der Waals surface area contributed by atoms with E-state index in [1.165, 1.54) is 9.80 Å². The molecule has 4 amide bonds. The Morgan fingerprint density at radius 3 is 2.50 bits per heavy atom. The first kappa shape index (κ1) is 30.7. The molecule has 0 saturated carbocycles. The smallest absolute Gasteiger partial charge is 0.250 e. The van der Waals surface area contributed by atoms with Crippen LogP contribution < -0.4 is 11.1 Å². The first-order chi connectivity index (χ1) is 21.2. The van der Waals surface area contributed by atoms with Gasteiger partial charge in [-0.3, -0.25) is 24.2 Å². The molecule has 1 fully saturated rings. The van der Waals surface area contributed by atoms with Gasteiger partial charge in [0.25, 0.3) is 5.91 Å². The molecule has 0 spiro atoms. The standard InChI is InChI=1S/C34H34ClN5O4/c1-22-14-17-39(29(33(36)43)20-25-8-4-7-24-6-2-3-11-28(24)25)34(44)32(26-9-5-10-27(35)19-26)40(22)31(42)21-38-30(41)18-23-12-15-37-16-13-23/h2-13,15-16,19,22,29,32H,14,17-18,20-21H2,1H3,(H2,36,43)(H,38,41)/t22-,29-,32-/m1/s1. The monoisotopic (exact) mass is 611 g/mol. The minimum Gasteiger partial charge on any atom is -0.368 e. The molecule has 226 valence electrons. The fourth-order valence-corrected chi connectivity index (χ4v) is 6.04. The summed E-state index contributed by atoms with van der Waals surface area (Å²) < 4.78 is 0. The normalized spacial score (nSPS) is 17.6. The van der Waals surface area contributed by atoms with Crippen LogP contribution in [-0.2, 0) is 32.0 Å². The molecule has 44 heavy (non-hydrogen) atoms. The zero-order valence-corrected chi connectivity index (χ0v) is 25.1. The van der Waals surface area contributed by atoms with E-state index in [-0.39, 0.29) is 31.8 Å². The number of nitrogens with one attached hydrogen (secondary N) is 1. The molecular formula is C34H34ClN5O4. The maximum atomic E-state index is 14.5. The second-order valence-corrected chi connectivity index (χ2v) is 11.4. The number of hydrogen-bond donors (Lipinski definition) is 2. The van der Waals surface area contributed by atoms with Crippen LogP contribution in [0, 0.1) is 0 Å². The first-order valence-electron chi connectivity index (χ1n) is 14.5. The molecule has 3 atom stereocenters. The molecule has 1 aromatic heterocycles. The highest BCUT2D eigenvalue weighted by molar-refractivity contribution is 6.30. The lowest BCUT2D eigenvalue weighted by Gasteiger charge is -2.36. The summed E-state index contributed by atoms with van der Waals surface area (Å²) in [5.74, 6) is -1.82. The van der Waals surface area contributed by atoms with Crippen molar-refractivity contribution < 1.29 is 19.2 Å². The van der Waals surface area contributed by atoms with Crippen LogP contribution in [0.15, 0.2) is 91.3 Å². The van der Waals surface area contributed by atoms with Crippen LogP contribution in [0.5, 0.6) is 0 Å². The first-order valence-corrected chi connectivity index (χ1v) is 14.9. The van der Waals surface area contributed by atoms with Crippen molar-refractivity contribution >= 4 is 46.0 Å². The molecule has 1 saturated heterocycles. The van der Waals surface area contributed by atoms with Crippen LogP contribution in [-0.4, -0.2) is 63.6 Å². The Morgan fingerprint density at radius 2 is 1.75 bits per heavy atom. The van der Waals surface area contributed by atoms with Crippen molar-refractivity contribution in [1.29, 1.82) is 0 Å². The number of nitrogens with zero attached hydrogens (tertiary/aromatic N) is 3. The van der Waals surface area contributed by atoms with E-state index in [1.807, 2.05) is 49.4 Å². The highest BCUT2D eigenvalue weighted by Gasteiger charge is 2.43. The summed E-state index contributed by atoms with van der Waals surface area (Å²) in [5.41, 5.74) is 8.13. The lowest BCUT2D eigenvalue weighted by atomic mass is 9.96. The number of nitrogens with two attached hydrogens (primary N) is 1. The summed E-state index contributed by atoms with van der Waals surface area (Å²) in [7, 11) is 0. The van der Waals surface area contributed by atoms with E-state index in [4.69, 9.17) is 17.3 Å². The number of rotatable bonds is 9. The molecule has 2 heterocycles. The van der Waals surface area contributed by atoms with E-state index in [9.17, 15) is 19.2 Å². The summed E-state index contributed by atoms with van der Waals surface area (Å²) in [6.07, 6.45) is 3.90. The van der Waals surface area contributed by atoms with Gasteiger partial charge in [0.2, 0.25) is 17.7 Å². The van der Waals surface area contributed by atoms with E-state index in [0.29, 0.717) is 17.0 Å². The molecule has 1 aliphatic rings. The maximum absolute atomic E-state index is 14.5. The fraction of sp³-hybridized carbons (Fsp3) is 0.265. The molecule has 0 aliphatic carbocycles. The van der Waals surface area contributed by atoms with E-state index < -0.39 is 35.8 Å². The third kappa shape index (κ3) is 6.89. The van der Waals surface area contributed by atoms with E-state index in [1.54, 1.807) is 48.8 Å². The van der Waals surface area contributed by atoms with E-state index >= 15 is 0 Å². The number of carbonyl (C=O) groups is 4.